The summed E-state index contributed by atoms with van der Waals surface area (Å²) in [7, 11) is 0. The second-order valence-corrected chi connectivity index (χ2v) is 6.37. The van der Waals surface area contributed by atoms with Gasteiger partial charge in [0.2, 0.25) is 0 Å². The molecule has 0 radical (unpaired) electrons. The minimum Gasteiger partial charge on any atom is -0.364 e. The minimum atomic E-state index is -0.269. The third-order valence-corrected chi connectivity index (χ3v) is 5.18. The van der Waals surface area contributed by atoms with Crippen LogP contribution in [-0.2, 0) is 9.53 Å². The molecule has 3 rings (SSSR count). The molecule has 0 amide bonds. The standard InChI is InChI=1S/C15H20O2/c1-4-14-7-5-11-9-15(14,17-13(11,2)3)8-6-12(16)10-14/h4,6,8,11H,1,5,7,9-10H2,2-3H3/t11?,14-,15-/m1/s1. The summed E-state index contributed by atoms with van der Waals surface area (Å²) >= 11 is 0. The highest BCUT2D eigenvalue weighted by molar-refractivity contribution is 5.92. The first-order valence-corrected chi connectivity index (χ1v) is 6.49. The summed E-state index contributed by atoms with van der Waals surface area (Å²) in [4.78, 5) is 11.7. The van der Waals surface area contributed by atoms with Gasteiger partial charge < -0.3 is 4.74 Å². The highest BCUT2D eigenvalue weighted by Gasteiger charge is 2.63. The van der Waals surface area contributed by atoms with E-state index in [9.17, 15) is 4.79 Å². The largest absolute Gasteiger partial charge is 0.364 e. The molecule has 0 N–H and O–H groups in total. The molecule has 3 atom stereocenters. The van der Waals surface area contributed by atoms with Gasteiger partial charge in [-0.25, -0.2) is 0 Å². The number of rotatable bonds is 1. The number of hydrogen-bond donors (Lipinski definition) is 0. The fourth-order valence-electron chi connectivity index (χ4n) is 4.05. The predicted molar refractivity (Wildman–Crippen MR) is 66.6 cm³/mol. The average molecular weight is 232 g/mol. The van der Waals surface area contributed by atoms with Crippen LogP contribution in [0.1, 0.15) is 39.5 Å². The Bertz CT molecular complexity index is 421. The second-order valence-electron chi connectivity index (χ2n) is 6.37. The van der Waals surface area contributed by atoms with E-state index in [1.165, 1.54) is 0 Å². The van der Waals surface area contributed by atoms with Crippen molar-refractivity contribution < 1.29 is 9.53 Å². The van der Waals surface area contributed by atoms with Crippen molar-refractivity contribution in [2.75, 3.05) is 0 Å². The van der Waals surface area contributed by atoms with E-state index in [4.69, 9.17) is 4.74 Å². The monoisotopic (exact) mass is 232 g/mol. The topological polar surface area (TPSA) is 26.3 Å². The number of carbonyl (C=O) groups excluding carboxylic acids is 1. The molecule has 2 fully saturated rings. The number of allylic oxidation sites excluding steroid dienone is 1. The molecule has 1 spiro atoms. The van der Waals surface area contributed by atoms with Crippen LogP contribution in [0, 0.1) is 11.3 Å². The van der Waals surface area contributed by atoms with Gasteiger partial charge in [0, 0.05) is 11.8 Å². The lowest BCUT2D eigenvalue weighted by Crippen LogP contribution is -2.50. The minimum absolute atomic E-state index is 0.0739. The van der Waals surface area contributed by atoms with Gasteiger partial charge in [0.15, 0.2) is 5.78 Å². The van der Waals surface area contributed by atoms with Crippen molar-refractivity contribution >= 4 is 5.78 Å². The van der Waals surface area contributed by atoms with E-state index in [0.717, 1.165) is 19.3 Å². The van der Waals surface area contributed by atoms with Crippen LogP contribution in [-0.4, -0.2) is 17.0 Å². The van der Waals surface area contributed by atoms with Gasteiger partial charge in [-0.3, -0.25) is 4.79 Å². The molecular formula is C15H20O2. The first-order valence-electron chi connectivity index (χ1n) is 6.49. The van der Waals surface area contributed by atoms with Crippen molar-refractivity contribution in [2.24, 2.45) is 11.3 Å². The van der Waals surface area contributed by atoms with E-state index in [-0.39, 0.29) is 22.4 Å². The lowest BCUT2D eigenvalue weighted by molar-refractivity contribution is -0.133. The van der Waals surface area contributed by atoms with Crippen LogP contribution < -0.4 is 0 Å². The number of ketones is 1. The van der Waals surface area contributed by atoms with Gasteiger partial charge in [0.1, 0.15) is 0 Å². The summed E-state index contributed by atoms with van der Waals surface area (Å²) in [6.45, 7) is 8.34. The summed E-state index contributed by atoms with van der Waals surface area (Å²) in [6, 6.07) is 0. The lowest BCUT2D eigenvalue weighted by Gasteiger charge is -2.48. The van der Waals surface area contributed by atoms with Gasteiger partial charge in [-0.15, -0.1) is 6.58 Å². The van der Waals surface area contributed by atoms with Crippen molar-refractivity contribution in [1.82, 2.24) is 0 Å². The predicted octanol–water partition coefficient (Wildman–Crippen LogP) is 3.04. The molecule has 2 heteroatoms. The lowest BCUT2D eigenvalue weighted by atomic mass is 9.57. The molecule has 92 valence electrons. The van der Waals surface area contributed by atoms with Crippen molar-refractivity contribution in [2.45, 2.75) is 50.7 Å². The maximum Gasteiger partial charge on any atom is 0.156 e. The Morgan fingerprint density at radius 2 is 2.29 bits per heavy atom. The highest BCUT2D eigenvalue weighted by Crippen LogP contribution is 2.62. The number of ether oxygens (including phenoxy) is 1. The van der Waals surface area contributed by atoms with Crippen LogP contribution >= 0.6 is 0 Å². The van der Waals surface area contributed by atoms with E-state index in [2.05, 4.69) is 20.4 Å². The smallest absolute Gasteiger partial charge is 0.156 e. The van der Waals surface area contributed by atoms with Crippen LogP contribution in [0.4, 0.5) is 0 Å². The summed E-state index contributed by atoms with van der Waals surface area (Å²) < 4.78 is 6.40. The molecule has 2 bridgehead atoms. The van der Waals surface area contributed by atoms with Gasteiger partial charge >= 0.3 is 0 Å². The third kappa shape index (κ3) is 1.28. The zero-order valence-electron chi connectivity index (χ0n) is 10.7. The Morgan fingerprint density at radius 1 is 1.53 bits per heavy atom. The van der Waals surface area contributed by atoms with Crippen LogP contribution in [0.2, 0.25) is 0 Å². The molecular weight excluding hydrogens is 212 g/mol. The normalized spacial score (nSPS) is 46.7. The van der Waals surface area contributed by atoms with Crippen LogP contribution in [0.25, 0.3) is 0 Å². The Labute approximate surface area is 103 Å². The summed E-state index contributed by atoms with van der Waals surface area (Å²) in [5, 5.41) is 0. The van der Waals surface area contributed by atoms with Crippen molar-refractivity contribution in [3.8, 4) is 0 Å². The average Bonchev–Trinajstić information content (AvgIpc) is 2.49. The summed E-state index contributed by atoms with van der Waals surface area (Å²) in [6.07, 6.45) is 9.48. The van der Waals surface area contributed by atoms with Crippen LogP contribution in [0.3, 0.4) is 0 Å². The Morgan fingerprint density at radius 3 is 3.00 bits per heavy atom. The molecule has 17 heavy (non-hydrogen) atoms. The van der Waals surface area contributed by atoms with Crippen molar-refractivity contribution in [3.05, 3.63) is 24.8 Å². The quantitative estimate of drug-likeness (QED) is 0.649. The SMILES string of the molecule is C=C[C@]12CCC3C[C@@]1(C=CC(=O)C2)OC3(C)C. The zero-order chi connectivity index (χ0) is 12.3. The molecule has 2 nitrogen and oxygen atoms in total. The highest BCUT2D eigenvalue weighted by atomic mass is 16.5. The molecule has 1 saturated carbocycles. The molecule has 0 aromatic heterocycles. The summed E-state index contributed by atoms with van der Waals surface area (Å²) in [5.41, 5.74) is -0.506. The number of carbonyl (C=O) groups is 1. The van der Waals surface area contributed by atoms with Crippen molar-refractivity contribution in [1.29, 1.82) is 0 Å². The second kappa shape index (κ2) is 3.11. The van der Waals surface area contributed by atoms with E-state index in [0.29, 0.717) is 12.3 Å². The fraction of sp³-hybridized carbons (Fsp3) is 0.667. The Balaban J connectivity index is 2.12. The molecule has 0 aromatic rings. The molecule has 1 aliphatic heterocycles. The first kappa shape index (κ1) is 11.2. The first-order chi connectivity index (χ1) is 7.93. The van der Waals surface area contributed by atoms with Gasteiger partial charge in [-0.1, -0.05) is 6.08 Å². The van der Waals surface area contributed by atoms with E-state index < -0.39 is 0 Å². The molecule has 1 heterocycles. The zero-order valence-corrected chi connectivity index (χ0v) is 10.7. The van der Waals surface area contributed by atoms with Gasteiger partial charge in [-0.05, 0) is 51.2 Å². The molecule has 1 saturated heterocycles. The maximum atomic E-state index is 11.7. The third-order valence-electron chi connectivity index (χ3n) is 5.18. The Kier molecular flexibility index (Phi) is 2.05. The van der Waals surface area contributed by atoms with Crippen molar-refractivity contribution in [3.63, 3.8) is 0 Å². The summed E-state index contributed by atoms with van der Waals surface area (Å²) in [5.74, 6) is 0.815. The van der Waals surface area contributed by atoms with Gasteiger partial charge in [-0.2, -0.15) is 0 Å². The fourth-order valence-corrected chi connectivity index (χ4v) is 4.05. The van der Waals surface area contributed by atoms with E-state index in [1.54, 1.807) is 6.08 Å². The number of fused-ring (bicyclic) bond motifs is 1. The molecule has 2 aliphatic carbocycles. The maximum absolute atomic E-state index is 11.7. The van der Waals surface area contributed by atoms with Crippen LogP contribution in [0.5, 0.6) is 0 Å². The van der Waals surface area contributed by atoms with Crippen LogP contribution in [0.15, 0.2) is 24.8 Å². The Hall–Kier alpha value is -0.890. The van der Waals surface area contributed by atoms with Gasteiger partial charge in [0.05, 0.1) is 11.2 Å². The molecule has 1 unspecified atom stereocenters. The molecule has 0 aromatic carbocycles. The van der Waals surface area contributed by atoms with Gasteiger partial charge in [0.25, 0.3) is 0 Å². The molecule has 3 aliphatic rings. The van der Waals surface area contributed by atoms with E-state index >= 15 is 0 Å². The number of hydrogen-bond acceptors (Lipinski definition) is 2. The van der Waals surface area contributed by atoms with E-state index in [1.807, 2.05) is 12.2 Å².